The van der Waals surface area contributed by atoms with Crippen LogP contribution >= 0.6 is 0 Å². The molecule has 0 saturated heterocycles. The molecule has 0 saturated carbocycles. The summed E-state index contributed by atoms with van der Waals surface area (Å²) in [5.41, 5.74) is 2.36. The summed E-state index contributed by atoms with van der Waals surface area (Å²) in [6.45, 7) is 2.84. The van der Waals surface area contributed by atoms with E-state index in [1.54, 1.807) is 24.3 Å². The molecule has 3 rings (SSSR count). The van der Waals surface area contributed by atoms with E-state index in [2.05, 4.69) is 14.9 Å². The van der Waals surface area contributed by atoms with Gasteiger partial charge in [-0.3, -0.25) is 4.79 Å². The molecule has 0 aliphatic rings. The molecule has 0 fully saturated rings. The lowest BCUT2D eigenvalue weighted by molar-refractivity contribution is -0.144. The normalized spacial score (nSPS) is 11.2. The van der Waals surface area contributed by atoms with Crippen LogP contribution in [0.4, 0.5) is 0 Å². The summed E-state index contributed by atoms with van der Waals surface area (Å²) >= 11 is 0. The molecule has 1 N–H and O–H groups in total. The monoisotopic (exact) mass is 461 g/mol. The number of esters is 1. The maximum Gasteiger partial charge on any atom is 0.321 e. The average molecular weight is 461 g/mol. The number of aromatic nitrogens is 2. The second-order valence-electron chi connectivity index (χ2n) is 6.81. The lowest BCUT2D eigenvalue weighted by atomic mass is 10.1. The van der Waals surface area contributed by atoms with Crippen LogP contribution < -0.4 is 14.2 Å². The molecule has 0 amide bonds. The Morgan fingerprint density at radius 2 is 1.84 bits per heavy atom. The number of carbonyl (C=O) groups is 1. The zero-order chi connectivity index (χ0) is 23.3. The first-order valence-electron chi connectivity index (χ1n) is 9.51. The quantitative estimate of drug-likeness (QED) is 0.477. The maximum absolute atomic E-state index is 12.4. The first-order chi connectivity index (χ1) is 15.2. The number of hydrogen-bond donors (Lipinski definition) is 1. The number of methoxy groups -OCH3 is 2. The highest BCUT2D eigenvalue weighted by molar-refractivity contribution is 7.89. The lowest BCUT2D eigenvalue weighted by Crippen LogP contribution is -2.30. The standard InChI is InChI=1S/C21H23N3O7S/c1-13-5-7-16(9-14(13)2)32(26,27)22-11-20(25)30-12-19-23-21(24-31-19)17-8-6-15(28-3)10-18(17)29-4/h5-10,22H,11-12H2,1-4H3. The molecule has 2 aromatic carbocycles. The second-order valence-corrected chi connectivity index (χ2v) is 8.58. The number of ether oxygens (including phenoxy) is 3. The Morgan fingerprint density at radius 3 is 2.53 bits per heavy atom. The van der Waals surface area contributed by atoms with Crippen LogP contribution in [0.15, 0.2) is 45.8 Å². The number of nitrogens with one attached hydrogen (secondary N) is 1. The number of hydrogen-bond acceptors (Lipinski definition) is 9. The summed E-state index contributed by atoms with van der Waals surface area (Å²) in [7, 11) is -0.810. The molecule has 3 aromatic rings. The molecular formula is C21H23N3O7S. The first-order valence-corrected chi connectivity index (χ1v) is 11.0. The van der Waals surface area contributed by atoms with Crippen molar-refractivity contribution in [1.29, 1.82) is 0 Å². The van der Waals surface area contributed by atoms with Gasteiger partial charge < -0.3 is 18.7 Å². The van der Waals surface area contributed by atoms with E-state index in [1.165, 1.54) is 26.4 Å². The number of aryl methyl sites for hydroxylation is 2. The van der Waals surface area contributed by atoms with Gasteiger partial charge in [-0.25, -0.2) is 8.42 Å². The molecule has 32 heavy (non-hydrogen) atoms. The number of benzene rings is 2. The van der Waals surface area contributed by atoms with Gasteiger partial charge in [0.25, 0.3) is 5.89 Å². The van der Waals surface area contributed by atoms with Crippen LogP contribution in [0.2, 0.25) is 0 Å². The zero-order valence-electron chi connectivity index (χ0n) is 18.0. The van der Waals surface area contributed by atoms with Gasteiger partial charge in [0.2, 0.25) is 15.8 Å². The minimum Gasteiger partial charge on any atom is -0.497 e. The minimum atomic E-state index is -3.85. The summed E-state index contributed by atoms with van der Waals surface area (Å²) < 4.78 is 47.5. The number of carbonyl (C=O) groups excluding carboxylic acids is 1. The van der Waals surface area contributed by atoms with Crippen LogP contribution in [0, 0.1) is 13.8 Å². The van der Waals surface area contributed by atoms with E-state index >= 15 is 0 Å². The Bertz CT molecular complexity index is 1220. The van der Waals surface area contributed by atoms with Crippen molar-refractivity contribution in [3.05, 3.63) is 53.4 Å². The van der Waals surface area contributed by atoms with Crippen molar-refractivity contribution < 1.29 is 31.9 Å². The van der Waals surface area contributed by atoms with E-state index in [9.17, 15) is 13.2 Å². The SMILES string of the molecule is COc1ccc(-c2noc(COC(=O)CNS(=O)(=O)c3ccc(C)c(C)c3)n2)c(OC)c1. The maximum atomic E-state index is 12.4. The van der Waals surface area contributed by atoms with Crippen LogP contribution in [0.5, 0.6) is 11.5 Å². The van der Waals surface area contributed by atoms with Crippen LogP contribution in [0.25, 0.3) is 11.4 Å². The molecule has 0 atom stereocenters. The highest BCUT2D eigenvalue weighted by Crippen LogP contribution is 2.31. The Balaban J connectivity index is 1.58. The molecule has 1 aromatic heterocycles. The molecule has 0 unspecified atom stereocenters. The fraction of sp³-hybridized carbons (Fsp3) is 0.286. The number of nitrogens with zero attached hydrogens (tertiary/aromatic N) is 2. The Labute approximate surface area is 185 Å². The third-order valence-electron chi connectivity index (χ3n) is 4.67. The lowest BCUT2D eigenvalue weighted by Gasteiger charge is -2.08. The van der Waals surface area contributed by atoms with E-state index in [0.29, 0.717) is 17.1 Å². The fourth-order valence-corrected chi connectivity index (χ4v) is 3.77. The molecule has 11 heteroatoms. The predicted molar refractivity (Wildman–Crippen MR) is 114 cm³/mol. The largest absolute Gasteiger partial charge is 0.497 e. The highest BCUT2D eigenvalue weighted by atomic mass is 32.2. The molecule has 10 nitrogen and oxygen atoms in total. The summed E-state index contributed by atoms with van der Waals surface area (Å²) in [5.74, 6) is 0.578. The van der Waals surface area contributed by atoms with Crippen LogP contribution in [-0.2, 0) is 26.2 Å². The van der Waals surface area contributed by atoms with Gasteiger partial charge in [0.05, 0.1) is 24.7 Å². The van der Waals surface area contributed by atoms with Crippen molar-refractivity contribution in [2.75, 3.05) is 20.8 Å². The van der Waals surface area contributed by atoms with Crippen LogP contribution in [-0.4, -0.2) is 45.3 Å². The van der Waals surface area contributed by atoms with Crippen molar-refractivity contribution >= 4 is 16.0 Å². The van der Waals surface area contributed by atoms with E-state index in [1.807, 2.05) is 13.8 Å². The molecule has 0 bridgehead atoms. The van der Waals surface area contributed by atoms with Crippen molar-refractivity contribution in [1.82, 2.24) is 14.9 Å². The predicted octanol–water partition coefficient (Wildman–Crippen LogP) is 2.39. The van der Waals surface area contributed by atoms with E-state index in [0.717, 1.165) is 11.1 Å². The van der Waals surface area contributed by atoms with E-state index < -0.39 is 22.5 Å². The third-order valence-corrected chi connectivity index (χ3v) is 6.07. The van der Waals surface area contributed by atoms with Crippen LogP contribution in [0.1, 0.15) is 17.0 Å². The molecule has 0 aliphatic heterocycles. The van der Waals surface area contributed by atoms with Gasteiger partial charge in [0, 0.05) is 6.07 Å². The van der Waals surface area contributed by atoms with Gasteiger partial charge >= 0.3 is 5.97 Å². The molecule has 170 valence electrons. The third kappa shape index (κ3) is 5.42. The number of sulfonamides is 1. The van der Waals surface area contributed by atoms with Gasteiger partial charge in [-0.05, 0) is 49.2 Å². The smallest absolute Gasteiger partial charge is 0.321 e. The topological polar surface area (TPSA) is 130 Å². The van der Waals surface area contributed by atoms with Gasteiger partial charge in [-0.2, -0.15) is 9.71 Å². The average Bonchev–Trinajstić information content (AvgIpc) is 3.26. The van der Waals surface area contributed by atoms with Gasteiger partial charge in [0.1, 0.15) is 18.0 Å². The van der Waals surface area contributed by atoms with Gasteiger partial charge in [-0.1, -0.05) is 11.2 Å². The molecule has 0 radical (unpaired) electrons. The van der Waals surface area contributed by atoms with Crippen molar-refractivity contribution in [2.45, 2.75) is 25.3 Å². The molecular weight excluding hydrogens is 438 g/mol. The highest BCUT2D eigenvalue weighted by Gasteiger charge is 2.18. The zero-order valence-corrected chi connectivity index (χ0v) is 18.9. The van der Waals surface area contributed by atoms with Crippen molar-refractivity contribution in [3.8, 4) is 22.9 Å². The molecule has 0 aliphatic carbocycles. The van der Waals surface area contributed by atoms with Crippen LogP contribution in [0.3, 0.4) is 0 Å². The van der Waals surface area contributed by atoms with E-state index in [-0.39, 0.29) is 23.2 Å². The van der Waals surface area contributed by atoms with Crippen molar-refractivity contribution in [2.24, 2.45) is 0 Å². The summed E-state index contributed by atoms with van der Waals surface area (Å²) in [4.78, 5) is 16.2. The fourth-order valence-electron chi connectivity index (χ4n) is 2.72. The summed E-state index contributed by atoms with van der Waals surface area (Å²) in [6.07, 6.45) is 0. The summed E-state index contributed by atoms with van der Waals surface area (Å²) in [5, 5.41) is 3.86. The Morgan fingerprint density at radius 1 is 1.06 bits per heavy atom. The van der Waals surface area contributed by atoms with Gasteiger partial charge in [0.15, 0.2) is 6.61 Å². The second kappa shape index (κ2) is 9.79. The molecule has 0 spiro atoms. The van der Waals surface area contributed by atoms with Gasteiger partial charge in [-0.15, -0.1) is 0 Å². The molecule has 1 heterocycles. The van der Waals surface area contributed by atoms with E-state index in [4.69, 9.17) is 18.7 Å². The first kappa shape index (κ1) is 23.2. The Hall–Kier alpha value is -3.44. The Kier molecular flexibility index (Phi) is 7.11. The summed E-state index contributed by atoms with van der Waals surface area (Å²) in [6, 6.07) is 9.81. The van der Waals surface area contributed by atoms with Crippen molar-refractivity contribution in [3.63, 3.8) is 0 Å². The minimum absolute atomic E-state index is 0.0447. The number of rotatable bonds is 9.